The van der Waals surface area contributed by atoms with Crippen LogP contribution in [0.4, 0.5) is 0 Å². The van der Waals surface area contributed by atoms with Gasteiger partial charge in [0, 0.05) is 5.92 Å². The molecule has 0 nitrogen and oxygen atoms in total. The fourth-order valence-electron chi connectivity index (χ4n) is 6.15. The highest BCUT2D eigenvalue weighted by molar-refractivity contribution is 7.70. The van der Waals surface area contributed by atoms with Crippen LogP contribution in [0.2, 0.25) is 0 Å². The van der Waals surface area contributed by atoms with E-state index in [1.807, 2.05) is 0 Å². The first-order valence-electron chi connectivity index (χ1n) is 12.9. The fraction of sp³-hybridized carbons (Fsp3) is 0.419. The summed E-state index contributed by atoms with van der Waals surface area (Å²) < 4.78 is 0. The van der Waals surface area contributed by atoms with Gasteiger partial charge in [0.25, 0.3) is 0 Å². The van der Waals surface area contributed by atoms with Gasteiger partial charge in [-0.2, -0.15) is 0 Å². The summed E-state index contributed by atoms with van der Waals surface area (Å²) >= 11 is 0. The molecule has 3 aliphatic carbocycles. The van der Waals surface area contributed by atoms with Gasteiger partial charge in [-0.15, -0.1) is 0 Å². The Kier molecular flexibility index (Phi) is 7.40. The lowest BCUT2D eigenvalue weighted by atomic mass is 9.91. The maximum atomic E-state index is 2.42. The lowest BCUT2D eigenvalue weighted by molar-refractivity contribution is 0.487. The molecule has 0 spiro atoms. The Morgan fingerprint density at radius 2 is 1.03 bits per heavy atom. The first-order valence-corrected chi connectivity index (χ1v) is 14.4. The Labute approximate surface area is 196 Å². The first kappa shape index (κ1) is 21.9. The molecule has 0 aromatic heterocycles. The van der Waals surface area contributed by atoms with Gasteiger partial charge in [0.05, 0.1) is 0 Å². The number of hydrogen-bond acceptors (Lipinski definition) is 0. The van der Waals surface area contributed by atoms with Crippen molar-refractivity contribution in [2.45, 2.75) is 75.5 Å². The maximum Gasteiger partial charge on any atom is 0.0217 e. The van der Waals surface area contributed by atoms with Gasteiger partial charge in [0.2, 0.25) is 0 Å². The van der Waals surface area contributed by atoms with E-state index in [0.717, 1.165) is 11.3 Å². The molecular weight excluding hydrogens is 403 g/mol. The molecule has 2 saturated carbocycles. The van der Waals surface area contributed by atoms with Crippen LogP contribution in [0.1, 0.15) is 75.3 Å². The predicted octanol–water partition coefficient (Wildman–Crippen LogP) is 9.44. The summed E-state index contributed by atoms with van der Waals surface area (Å²) in [7, 11) is -0.204. The highest BCUT2D eigenvalue weighted by atomic mass is 31.1. The third-order valence-corrected chi connectivity index (χ3v) is 11.3. The summed E-state index contributed by atoms with van der Waals surface area (Å²) in [6.07, 6.45) is 23.7. The Morgan fingerprint density at radius 3 is 1.53 bits per heavy atom. The molecule has 0 heterocycles. The van der Waals surface area contributed by atoms with E-state index in [-0.39, 0.29) is 7.92 Å². The van der Waals surface area contributed by atoms with Gasteiger partial charge in [-0.05, 0) is 59.0 Å². The van der Waals surface area contributed by atoms with Gasteiger partial charge in [-0.3, -0.25) is 0 Å². The van der Waals surface area contributed by atoms with Crippen LogP contribution in [0, 0.1) is 5.92 Å². The quantitative estimate of drug-likeness (QED) is 0.310. The van der Waals surface area contributed by atoms with Crippen LogP contribution in [0.3, 0.4) is 0 Å². The van der Waals surface area contributed by atoms with Crippen LogP contribution >= 0.6 is 7.92 Å². The molecule has 2 aromatic carbocycles. The summed E-state index contributed by atoms with van der Waals surface area (Å²) in [5.74, 6) is 0.393. The van der Waals surface area contributed by atoms with E-state index in [1.165, 1.54) is 75.3 Å². The second-order valence-electron chi connectivity index (χ2n) is 9.78. The maximum absolute atomic E-state index is 2.42. The Bertz CT molecular complexity index is 910. The molecule has 2 fully saturated rings. The minimum Gasteiger partial charge on any atom is -0.0732 e. The molecule has 5 rings (SSSR count). The molecule has 0 radical (unpaired) electrons. The zero-order valence-electron chi connectivity index (χ0n) is 19.3. The van der Waals surface area contributed by atoms with Crippen LogP contribution in [-0.4, -0.2) is 11.3 Å². The van der Waals surface area contributed by atoms with Crippen molar-refractivity contribution in [3.05, 3.63) is 96.1 Å². The zero-order chi connectivity index (χ0) is 21.6. The number of allylic oxidation sites excluding steroid dienone is 5. The van der Waals surface area contributed by atoms with Gasteiger partial charge < -0.3 is 0 Å². The smallest absolute Gasteiger partial charge is 0.0217 e. The predicted molar refractivity (Wildman–Crippen MR) is 142 cm³/mol. The standard InChI is InChI=1S/C31H37P/c1-5-15-25(16-6-1)30(26-17-13-14-18-26)31(27-19-7-2-8-20-27)32(28-21-9-3-10-22-28)29-23-11-4-12-24-29/h1-2,5-8,13-20,26,28-29H,3-4,9-12,21-24H2. The second kappa shape index (κ2) is 10.8. The molecular formula is C31H37P. The molecule has 0 saturated heterocycles. The molecule has 0 amide bonds. The molecule has 0 bridgehead atoms. The average Bonchev–Trinajstić information content (AvgIpc) is 3.41. The number of hydrogen-bond donors (Lipinski definition) is 0. The van der Waals surface area contributed by atoms with Crippen LogP contribution in [0.15, 0.2) is 85.0 Å². The average molecular weight is 441 g/mol. The SMILES string of the molecule is C1=CC(C(=C(c2ccccc2)P(C2CCCCC2)C2CCCCC2)c2ccccc2)C=C1. The molecule has 1 heteroatoms. The minimum atomic E-state index is -0.204. The van der Waals surface area contributed by atoms with E-state index in [4.69, 9.17) is 0 Å². The number of benzene rings is 2. The van der Waals surface area contributed by atoms with Crippen LogP contribution in [-0.2, 0) is 0 Å². The van der Waals surface area contributed by atoms with Gasteiger partial charge in [-0.25, -0.2) is 0 Å². The van der Waals surface area contributed by atoms with E-state index in [9.17, 15) is 0 Å². The molecule has 0 unspecified atom stereocenters. The van der Waals surface area contributed by atoms with Gasteiger partial charge >= 0.3 is 0 Å². The van der Waals surface area contributed by atoms with Crippen molar-refractivity contribution in [1.82, 2.24) is 0 Å². The minimum absolute atomic E-state index is 0.204. The van der Waals surface area contributed by atoms with Crippen molar-refractivity contribution in [1.29, 1.82) is 0 Å². The van der Waals surface area contributed by atoms with Gasteiger partial charge in [-0.1, -0.05) is 131 Å². The Balaban J connectivity index is 1.73. The van der Waals surface area contributed by atoms with Crippen LogP contribution in [0.25, 0.3) is 10.9 Å². The second-order valence-corrected chi connectivity index (χ2v) is 12.5. The van der Waals surface area contributed by atoms with Crippen molar-refractivity contribution < 1.29 is 0 Å². The van der Waals surface area contributed by atoms with Crippen LogP contribution in [0.5, 0.6) is 0 Å². The summed E-state index contributed by atoms with van der Waals surface area (Å²) in [5, 5.41) is 1.73. The highest BCUT2D eigenvalue weighted by Crippen LogP contribution is 2.66. The monoisotopic (exact) mass is 440 g/mol. The summed E-state index contributed by atoms with van der Waals surface area (Å²) in [4.78, 5) is 0. The molecule has 3 aliphatic rings. The normalized spacial score (nSPS) is 21.3. The molecule has 2 aromatic rings. The van der Waals surface area contributed by atoms with E-state index in [1.54, 1.807) is 10.9 Å². The molecule has 166 valence electrons. The third kappa shape index (κ3) is 4.87. The topological polar surface area (TPSA) is 0 Å². The fourth-order valence-corrected chi connectivity index (χ4v) is 10.3. The third-order valence-electron chi connectivity index (χ3n) is 7.66. The van der Waals surface area contributed by atoms with Crippen molar-refractivity contribution in [2.75, 3.05) is 0 Å². The van der Waals surface area contributed by atoms with Crippen molar-refractivity contribution >= 4 is 18.8 Å². The molecule has 0 aliphatic heterocycles. The Morgan fingerprint density at radius 1 is 0.562 bits per heavy atom. The Hall–Kier alpha value is -1.91. The van der Waals surface area contributed by atoms with E-state index in [2.05, 4.69) is 85.0 Å². The summed E-state index contributed by atoms with van der Waals surface area (Å²) in [5.41, 5.74) is 6.29. The largest absolute Gasteiger partial charge is 0.0732 e. The number of rotatable bonds is 6. The van der Waals surface area contributed by atoms with Crippen molar-refractivity contribution in [3.8, 4) is 0 Å². The first-order chi connectivity index (χ1) is 15.9. The van der Waals surface area contributed by atoms with Crippen molar-refractivity contribution in [2.24, 2.45) is 5.92 Å². The summed E-state index contributed by atoms with van der Waals surface area (Å²) in [6, 6.07) is 22.8. The molecule has 32 heavy (non-hydrogen) atoms. The van der Waals surface area contributed by atoms with Gasteiger partial charge in [0.1, 0.15) is 0 Å². The van der Waals surface area contributed by atoms with E-state index in [0.29, 0.717) is 5.92 Å². The molecule has 0 N–H and O–H groups in total. The zero-order valence-corrected chi connectivity index (χ0v) is 20.2. The summed E-state index contributed by atoms with van der Waals surface area (Å²) in [6.45, 7) is 0. The lowest BCUT2D eigenvalue weighted by Gasteiger charge is -2.41. The van der Waals surface area contributed by atoms with E-state index < -0.39 is 0 Å². The van der Waals surface area contributed by atoms with Crippen molar-refractivity contribution in [3.63, 3.8) is 0 Å². The van der Waals surface area contributed by atoms with Gasteiger partial charge in [0.15, 0.2) is 0 Å². The highest BCUT2D eigenvalue weighted by Gasteiger charge is 2.36. The van der Waals surface area contributed by atoms with Crippen LogP contribution < -0.4 is 0 Å². The van der Waals surface area contributed by atoms with E-state index >= 15 is 0 Å². The molecule has 0 atom stereocenters. The lowest BCUT2D eigenvalue weighted by Crippen LogP contribution is -2.22.